The molecule has 1 aromatic rings. The van der Waals surface area contributed by atoms with Crippen molar-refractivity contribution in [1.82, 2.24) is 5.32 Å². The van der Waals surface area contributed by atoms with Gasteiger partial charge in [0.2, 0.25) is 0 Å². The van der Waals surface area contributed by atoms with Gasteiger partial charge < -0.3 is 10.4 Å². The fraction of sp³-hybridized carbons (Fsp3) is 0.588. The lowest BCUT2D eigenvalue weighted by molar-refractivity contribution is -0.127. The van der Waals surface area contributed by atoms with Crippen LogP contribution in [0.3, 0.4) is 0 Å². The van der Waals surface area contributed by atoms with Gasteiger partial charge in [0.05, 0.1) is 16.9 Å². The molecule has 2 fully saturated rings. The minimum atomic E-state index is -1.13. The maximum Gasteiger partial charge on any atom is 0.133 e. The molecular formula is C17H23NO3S. The summed E-state index contributed by atoms with van der Waals surface area (Å²) < 4.78 is 12.8. The summed E-state index contributed by atoms with van der Waals surface area (Å²) in [6, 6.07) is 7.75. The Kier molecular flexibility index (Phi) is 4.48. The first-order valence-corrected chi connectivity index (χ1v) is 9.22. The first-order valence-electron chi connectivity index (χ1n) is 7.90. The standard InChI is InChI=1S/C17H23NO3S/c1-12-2-4-14(5-3-12)22(21)11-17-8-6-13(19)10-15(17)16(20)7-9-18-17/h2-5,15-16,18,20H,6-11H2,1H3/t15?,16-,17?,22-/m0/s1. The van der Waals surface area contributed by atoms with Gasteiger partial charge in [0.15, 0.2) is 0 Å². The third-order valence-electron chi connectivity index (χ3n) is 5.06. The van der Waals surface area contributed by atoms with E-state index >= 15 is 0 Å². The van der Waals surface area contributed by atoms with Crippen molar-refractivity contribution in [2.45, 2.75) is 49.1 Å². The van der Waals surface area contributed by atoms with Crippen LogP contribution < -0.4 is 5.32 Å². The van der Waals surface area contributed by atoms with E-state index in [-0.39, 0.29) is 17.2 Å². The smallest absolute Gasteiger partial charge is 0.133 e. The minimum Gasteiger partial charge on any atom is -0.393 e. The van der Waals surface area contributed by atoms with Crippen molar-refractivity contribution in [3.63, 3.8) is 0 Å². The van der Waals surface area contributed by atoms with Crippen molar-refractivity contribution >= 4 is 16.6 Å². The van der Waals surface area contributed by atoms with E-state index in [1.54, 1.807) is 0 Å². The van der Waals surface area contributed by atoms with Crippen LogP contribution in [0, 0.1) is 12.8 Å². The van der Waals surface area contributed by atoms with Gasteiger partial charge in [-0.25, -0.2) is 0 Å². The van der Waals surface area contributed by atoms with Crippen molar-refractivity contribution in [3.8, 4) is 0 Å². The molecule has 1 aromatic carbocycles. The maximum atomic E-state index is 12.8. The van der Waals surface area contributed by atoms with Gasteiger partial charge >= 0.3 is 0 Å². The Morgan fingerprint density at radius 2 is 2.09 bits per heavy atom. The number of carbonyl (C=O) groups is 1. The molecule has 1 aliphatic carbocycles. The lowest BCUT2D eigenvalue weighted by atomic mass is 9.68. The van der Waals surface area contributed by atoms with Crippen LogP contribution in [0.4, 0.5) is 0 Å². The predicted octanol–water partition coefficient (Wildman–Crippen LogP) is 1.56. The average Bonchev–Trinajstić information content (AvgIpc) is 2.49. The number of hydrogen-bond donors (Lipinski definition) is 2. The highest BCUT2D eigenvalue weighted by molar-refractivity contribution is 7.85. The molecular weight excluding hydrogens is 298 g/mol. The van der Waals surface area contributed by atoms with Crippen molar-refractivity contribution in [2.24, 2.45) is 5.92 Å². The molecule has 1 saturated heterocycles. The fourth-order valence-corrected chi connectivity index (χ4v) is 5.26. The van der Waals surface area contributed by atoms with Crippen LogP contribution >= 0.6 is 0 Å². The zero-order chi connectivity index (χ0) is 15.7. The van der Waals surface area contributed by atoms with E-state index in [0.717, 1.165) is 17.0 Å². The van der Waals surface area contributed by atoms with Crippen LogP contribution in [0.15, 0.2) is 29.2 Å². The highest BCUT2D eigenvalue weighted by Gasteiger charge is 2.49. The molecule has 2 N–H and O–H groups in total. The van der Waals surface area contributed by atoms with Crippen LogP contribution in [0.1, 0.15) is 31.2 Å². The summed E-state index contributed by atoms with van der Waals surface area (Å²) in [6.07, 6.45) is 1.78. The average molecular weight is 321 g/mol. The van der Waals surface area contributed by atoms with Crippen molar-refractivity contribution in [1.29, 1.82) is 0 Å². The molecule has 0 aromatic heterocycles. The highest BCUT2D eigenvalue weighted by atomic mass is 32.2. The molecule has 1 aliphatic heterocycles. The molecule has 2 unspecified atom stereocenters. The van der Waals surface area contributed by atoms with E-state index in [1.807, 2.05) is 31.2 Å². The number of aliphatic hydroxyl groups is 1. The molecule has 4 nitrogen and oxygen atoms in total. The lowest BCUT2D eigenvalue weighted by Crippen LogP contribution is -2.64. The number of benzene rings is 1. The zero-order valence-corrected chi connectivity index (χ0v) is 13.7. The van der Waals surface area contributed by atoms with Gasteiger partial charge in [-0.2, -0.15) is 0 Å². The number of aliphatic hydroxyl groups excluding tert-OH is 1. The number of ketones is 1. The molecule has 4 atom stereocenters. The number of nitrogens with one attached hydrogen (secondary N) is 1. The Bertz CT molecular complexity index is 586. The van der Waals surface area contributed by atoms with E-state index in [1.165, 1.54) is 0 Å². The maximum absolute atomic E-state index is 12.8. The van der Waals surface area contributed by atoms with Crippen molar-refractivity contribution in [3.05, 3.63) is 29.8 Å². The van der Waals surface area contributed by atoms with Gasteiger partial charge in [-0.3, -0.25) is 9.00 Å². The van der Waals surface area contributed by atoms with Crippen molar-refractivity contribution < 1.29 is 14.1 Å². The number of aryl methyl sites for hydroxylation is 1. The Morgan fingerprint density at radius 3 is 2.82 bits per heavy atom. The Morgan fingerprint density at radius 1 is 1.36 bits per heavy atom. The van der Waals surface area contributed by atoms with E-state index in [2.05, 4.69) is 5.32 Å². The first-order chi connectivity index (χ1) is 10.5. The van der Waals surface area contributed by atoms with Gasteiger partial charge in [-0.05, 0) is 38.4 Å². The molecule has 5 heteroatoms. The normalized spacial score (nSPS) is 33.3. The topological polar surface area (TPSA) is 66.4 Å². The summed E-state index contributed by atoms with van der Waals surface area (Å²) in [5.74, 6) is 0.562. The van der Waals surface area contributed by atoms with Gasteiger partial charge in [0.25, 0.3) is 0 Å². The number of hydrogen-bond acceptors (Lipinski definition) is 4. The molecule has 0 spiro atoms. The Hall–Kier alpha value is -1.04. The van der Waals surface area contributed by atoms with E-state index < -0.39 is 16.9 Å². The molecule has 2 aliphatic rings. The van der Waals surface area contributed by atoms with Gasteiger partial charge in [0.1, 0.15) is 5.78 Å². The largest absolute Gasteiger partial charge is 0.393 e. The number of carbonyl (C=O) groups excluding carboxylic acids is 1. The Balaban J connectivity index is 1.82. The molecule has 0 bridgehead atoms. The Labute approximate surface area is 133 Å². The third-order valence-corrected chi connectivity index (χ3v) is 6.64. The summed E-state index contributed by atoms with van der Waals surface area (Å²) >= 11 is 0. The number of fused-ring (bicyclic) bond motifs is 1. The summed E-state index contributed by atoms with van der Waals surface area (Å²) in [6.45, 7) is 2.73. The molecule has 0 amide bonds. The van der Waals surface area contributed by atoms with E-state index in [9.17, 15) is 14.1 Å². The first kappa shape index (κ1) is 15.8. The van der Waals surface area contributed by atoms with Crippen LogP contribution in [-0.2, 0) is 15.6 Å². The molecule has 1 saturated carbocycles. The second kappa shape index (κ2) is 6.22. The van der Waals surface area contributed by atoms with E-state index in [0.29, 0.717) is 31.4 Å². The second-order valence-corrected chi connectivity index (χ2v) is 8.04. The van der Waals surface area contributed by atoms with Crippen LogP contribution in [-0.4, -0.2) is 39.0 Å². The number of Topliss-reactive ketones (excluding diaryl/α,β-unsaturated/α-hetero) is 1. The number of rotatable bonds is 3. The van der Waals surface area contributed by atoms with Crippen LogP contribution in [0.5, 0.6) is 0 Å². The molecule has 22 heavy (non-hydrogen) atoms. The monoisotopic (exact) mass is 321 g/mol. The molecule has 1 heterocycles. The van der Waals surface area contributed by atoms with Crippen molar-refractivity contribution in [2.75, 3.05) is 12.3 Å². The third kappa shape index (κ3) is 3.03. The molecule has 0 radical (unpaired) electrons. The van der Waals surface area contributed by atoms with Crippen LogP contribution in [0.2, 0.25) is 0 Å². The second-order valence-electron chi connectivity index (χ2n) is 6.59. The highest BCUT2D eigenvalue weighted by Crippen LogP contribution is 2.39. The van der Waals surface area contributed by atoms with Gasteiger partial charge in [-0.15, -0.1) is 0 Å². The van der Waals surface area contributed by atoms with E-state index in [4.69, 9.17) is 0 Å². The summed E-state index contributed by atoms with van der Waals surface area (Å²) in [4.78, 5) is 12.6. The summed E-state index contributed by atoms with van der Waals surface area (Å²) in [5, 5.41) is 13.8. The SMILES string of the molecule is Cc1ccc([S@@](=O)CC23CCC(=O)CC2[C@@H](O)CCN3)cc1. The zero-order valence-electron chi connectivity index (χ0n) is 12.9. The fourth-order valence-electron chi connectivity index (χ4n) is 3.72. The lowest BCUT2D eigenvalue weighted by Gasteiger charge is -2.49. The van der Waals surface area contributed by atoms with Gasteiger partial charge in [0, 0.05) is 34.9 Å². The molecule has 120 valence electrons. The minimum absolute atomic E-state index is 0.114. The summed E-state index contributed by atoms with van der Waals surface area (Å²) in [7, 11) is -1.13. The predicted molar refractivity (Wildman–Crippen MR) is 86.2 cm³/mol. The van der Waals surface area contributed by atoms with Crippen LogP contribution in [0.25, 0.3) is 0 Å². The molecule has 3 rings (SSSR count). The summed E-state index contributed by atoms with van der Waals surface area (Å²) in [5.41, 5.74) is 0.771. The quantitative estimate of drug-likeness (QED) is 0.887. The van der Waals surface area contributed by atoms with Gasteiger partial charge in [-0.1, -0.05) is 17.7 Å². The number of piperidine rings is 1.